The highest BCUT2D eigenvalue weighted by molar-refractivity contribution is 4.81. The van der Waals surface area contributed by atoms with Crippen molar-refractivity contribution in [3.63, 3.8) is 0 Å². The molecule has 0 bridgehead atoms. The quantitative estimate of drug-likeness (QED) is 0.650. The molecule has 1 saturated carbocycles. The van der Waals surface area contributed by atoms with Crippen LogP contribution >= 0.6 is 0 Å². The van der Waals surface area contributed by atoms with E-state index in [1.54, 1.807) is 0 Å². The standard InChI is InChI=1S/C11H22N2/c1-13-9-3-5-11(13)4-2-8-12-10-6-7-10/h10-12H,2-9H2,1H3/t11-/m1/s1. The van der Waals surface area contributed by atoms with Crippen LogP contribution in [-0.4, -0.2) is 37.1 Å². The predicted octanol–water partition coefficient (Wildman–Crippen LogP) is 1.61. The van der Waals surface area contributed by atoms with Crippen LogP contribution in [0, 0.1) is 0 Å². The minimum atomic E-state index is 0.890. The van der Waals surface area contributed by atoms with Gasteiger partial charge in [0.15, 0.2) is 0 Å². The summed E-state index contributed by atoms with van der Waals surface area (Å²) in [5, 5.41) is 3.58. The van der Waals surface area contributed by atoms with Crippen LogP contribution in [0.3, 0.4) is 0 Å². The zero-order valence-corrected chi connectivity index (χ0v) is 8.76. The summed E-state index contributed by atoms with van der Waals surface area (Å²) in [5.41, 5.74) is 0. The van der Waals surface area contributed by atoms with E-state index in [0.29, 0.717) is 0 Å². The van der Waals surface area contributed by atoms with Gasteiger partial charge < -0.3 is 10.2 Å². The Labute approximate surface area is 81.7 Å². The van der Waals surface area contributed by atoms with E-state index in [0.717, 1.165) is 12.1 Å². The fourth-order valence-corrected chi connectivity index (χ4v) is 2.28. The number of hydrogen-bond donors (Lipinski definition) is 1. The molecule has 1 heterocycles. The molecule has 76 valence electrons. The molecule has 1 atom stereocenters. The Bertz CT molecular complexity index is 154. The molecule has 2 fully saturated rings. The van der Waals surface area contributed by atoms with E-state index in [-0.39, 0.29) is 0 Å². The van der Waals surface area contributed by atoms with E-state index in [1.165, 1.54) is 51.6 Å². The highest BCUT2D eigenvalue weighted by Crippen LogP contribution is 2.20. The monoisotopic (exact) mass is 182 g/mol. The lowest BCUT2D eigenvalue weighted by Crippen LogP contribution is -2.26. The fourth-order valence-electron chi connectivity index (χ4n) is 2.28. The van der Waals surface area contributed by atoms with Gasteiger partial charge in [0.2, 0.25) is 0 Å². The van der Waals surface area contributed by atoms with E-state index in [9.17, 15) is 0 Å². The molecule has 2 heteroatoms. The predicted molar refractivity (Wildman–Crippen MR) is 55.9 cm³/mol. The molecule has 0 spiro atoms. The Morgan fingerprint density at radius 2 is 2.15 bits per heavy atom. The molecular formula is C11H22N2. The van der Waals surface area contributed by atoms with Gasteiger partial charge in [-0.05, 0) is 58.7 Å². The maximum absolute atomic E-state index is 3.58. The number of hydrogen-bond acceptors (Lipinski definition) is 2. The molecule has 2 nitrogen and oxygen atoms in total. The highest BCUT2D eigenvalue weighted by Gasteiger charge is 2.22. The summed E-state index contributed by atoms with van der Waals surface area (Å²) >= 11 is 0. The molecule has 0 aromatic heterocycles. The van der Waals surface area contributed by atoms with Crippen LogP contribution in [-0.2, 0) is 0 Å². The van der Waals surface area contributed by atoms with Crippen molar-refractivity contribution in [2.45, 2.75) is 50.6 Å². The average Bonchev–Trinajstić information content (AvgIpc) is 2.86. The van der Waals surface area contributed by atoms with Crippen LogP contribution in [0.5, 0.6) is 0 Å². The summed E-state index contributed by atoms with van der Waals surface area (Å²) < 4.78 is 0. The zero-order chi connectivity index (χ0) is 9.10. The smallest absolute Gasteiger partial charge is 0.00931 e. The molecule has 0 unspecified atom stereocenters. The molecule has 13 heavy (non-hydrogen) atoms. The Kier molecular flexibility index (Phi) is 3.23. The first-order valence-corrected chi connectivity index (χ1v) is 5.80. The van der Waals surface area contributed by atoms with Gasteiger partial charge in [-0.15, -0.1) is 0 Å². The normalized spacial score (nSPS) is 29.8. The van der Waals surface area contributed by atoms with E-state index in [4.69, 9.17) is 0 Å². The average molecular weight is 182 g/mol. The Balaban J connectivity index is 1.51. The second-order valence-corrected chi connectivity index (χ2v) is 4.65. The van der Waals surface area contributed by atoms with Crippen molar-refractivity contribution in [3.05, 3.63) is 0 Å². The summed E-state index contributed by atoms with van der Waals surface area (Å²) in [6.07, 6.45) is 8.45. The summed E-state index contributed by atoms with van der Waals surface area (Å²) in [7, 11) is 2.27. The maximum Gasteiger partial charge on any atom is 0.00931 e. The molecule has 0 radical (unpaired) electrons. The number of nitrogens with one attached hydrogen (secondary N) is 1. The van der Waals surface area contributed by atoms with E-state index in [2.05, 4.69) is 17.3 Å². The lowest BCUT2D eigenvalue weighted by atomic mass is 10.1. The van der Waals surface area contributed by atoms with Gasteiger partial charge in [0.1, 0.15) is 0 Å². The fraction of sp³-hybridized carbons (Fsp3) is 1.00. The largest absolute Gasteiger partial charge is 0.314 e. The molecule has 2 rings (SSSR count). The van der Waals surface area contributed by atoms with Crippen LogP contribution in [0.1, 0.15) is 38.5 Å². The van der Waals surface area contributed by atoms with Crippen LogP contribution < -0.4 is 5.32 Å². The van der Waals surface area contributed by atoms with Crippen molar-refractivity contribution in [1.82, 2.24) is 10.2 Å². The SMILES string of the molecule is CN1CCC[C@H]1CCCNC1CC1. The number of rotatable bonds is 5. The molecular weight excluding hydrogens is 160 g/mol. The Hall–Kier alpha value is -0.0800. The van der Waals surface area contributed by atoms with Crippen molar-refractivity contribution in [1.29, 1.82) is 0 Å². The second kappa shape index (κ2) is 4.43. The lowest BCUT2D eigenvalue weighted by Gasteiger charge is -2.18. The van der Waals surface area contributed by atoms with Crippen molar-refractivity contribution in [3.8, 4) is 0 Å². The summed E-state index contributed by atoms with van der Waals surface area (Å²) in [6, 6.07) is 1.78. The Morgan fingerprint density at radius 3 is 2.77 bits per heavy atom. The van der Waals surface area contributed by atoms with Gasteiger partial charge >= 0.3 is 0 Å². The van der Waals surface area contributed by atoms with Crippen LogP contribution in [0.2, 0.25) is 0 Å². The molecule has 1 N–H and O–H groups in total. The van der Waals surface area contributed by atoms with Gasteiger partial charge in [-0.1, -0.05) is 0 Å². The van der Waals surface area contributed by atoms with Crippen LogP contribution in [0.4, 0.5) is 0 Å². The highest BCUT2D eigenvalue weighted by atomic mass is 15.1. The third kappa shape index (κ3) is 2.96. The first-order chi connectivity index (χ1) is 6.36. The molecule has 1 aliphatic heterocycles. The molecule has 1 aliphatic carbocycles. The van der Waals surface area contributed by atoms with E-state index in [1.807, 2.05) is 0 Å². The van der Waals surface area contributed by atoms with Gasteiger partial charge in [0.05, 0.1) is 0 Å². The number of nitrogens with zero attached hydrogens (tertiary/aromatic N) is 1. The van der Waals surface area contributed by atoms with Crippen molar-refractivity contribution in [2.24, 2.45) is 0 Å². The van der Waals surface area contributed by atoms with E-state index < -0.39 is 0 Å². The van der Waals surface area contributed by atoms with Gasteiger partial charge in [-0.25, -0.2) is 0 Å². The van der Waals surface area contributed by atoms with Gasteiger partial charge in [-0.3, -0.25) is 0 Å². The van der Waals surface area contributed by atoms with Gasteiger partial charge in [0.25, 0.3) is 0 Å². The minimum Gasteiger partial charge on any atom is -0.314 e. The summed E-state index contributed by atoms with van der Waals surface area (Å²) in [5.74, 6) is 0. The van der Waals surface area contributed by atoms with Crippen molar-refractivity contribution < 1.29 is 0 Å². The molecule has 0 aromatic carbocycles. The topological polar surface area (TPSA) is 15.3 Å². The van der Waals surface area contributed by atoms with Crippen LogP contribution in [0.15, 0.2) is 0 Å². The molecule has 0 aromatic rings. The first kappa shape index (κ1) is 9.47. The lowest BCUT2D eigenvalue weighted by molar-refractivity contribution is 0.291. The van der Waals surface area contributed by atoms with Gasteiger partial charge in [0, 0.05) is 12.1 Å². The van der Waals surface area contributed by atoms with E-state index >= 15 is 0 Å². The van der Waals surface area contributed by atoms with Crippen LogP contribution in [0.25, 0.3) is 0 Å². The molecule has 2 aliphatic rings. The summed E-state index contributed by atoms with van der Waals surface area (Å²) in [6.45, 7) is 2.57. The molecule has 0 amide bonds. The third-order valence-electron chi connectivity index (χ3n) is 3.40. The van der Waals surface area contributed by atoms with Crippen molar-refractivity contribution >= 4 is 0 Å². The third-order valence-corrected chi connectivity index (χ3v) is 3.40. The molecule has 1 saturated heterocycles. The summed E-state index contributed by atoms with van der Waals surface area (Å²) in [4.78, 5) is 2.52. The first-order valence-electron chi connectivity index (χ1n) is 5.80. The zero-order valence-electron chi connectivity index (χ0n) is 8.76. The Morgan fingerprint density at radius 1 is 1.31 bits per heavy atom. The van der Waals surface area contributed by atoms with Gasteiger partial charge in [-0.2, -0.15) is 0 Å². The number of likely N-dealkylation sites (tertiary alicyclic amines) is 1. The van der Waals surface area contributed by atoms with Crippen molar-refractivity contribution in [2.75, 3.05) is 20.1 Å². The second-order valence-electron chi connectivity index (χ2n) is 4.65. The maximum atomic E-state index is 3.58. The minimum absolute atomic E-state index is 0.890.